The highest BCUT2D eigenvalue weighted by atomic mass is 16.5. The molecular weight excluding hydrogens is 292 g/mol. The van der Waals surface area contributed by atoms with E-state index in [4.69, 9.17) is 4.74 Å². The molecule has 3 rings (SSSR count). The van der Waals surface area contributed by atoms with E-state index >= 15 is 0 Å². The van der Waals surface area contributed by atoms with Crippen LogP contribution < -0.4 is 0 Å². The lowest BCUT2D eigenvalue weighted by Gasteiger charge is -2.37. The number of amides is 1. The van der Waals surface area contributed by atoms with Crippen molar-refractivity contribution >= 4 is 5.91 Å². The molecule has 0 bridgehead atoms. The normalized spacial score (nSPS) is 23.0. The highest BCUT2D eigenvalue weighted by Crippen LogP contribution is 2.15. The van der Waals surface area contributed by atoms with Crippen LogP contribution in [0.2, 0.25) is 0 Å². The molecule has 3 heterocycles. The second kappa shape index (κ2) is 8.36. The van der Waals surface area contributed by atoms with Crippen LogP contribution in [0.4, 0.5) is 0 Å². The Kier molecular flexibility index (Phi) is 5.93. The molecule has 126 valence electrons. The van der Waals surface area contributed by atoms with Crippen LogP contribution in [0, 0.1) is 0 Å². The van der Waals surface area contributed by atoms with Gasteiger partial charge in [-0.3, -0.25) is 19.7 Å². The van der Waals surface area contributed by atoms with Gasteiger partial charge in [-0.25, -0.2) is 0 Å². The minimum atomic E-state index is 0.274. The summed E-state index contributed by atoms with van der Waals surface area (Å²) in [5.41, 5.74) is 1.00. The Labute approximate surface area is 137 Å². The molecule has 1 aromatic heterocycles. The molecule has 1 aromatic rings. The summed E-state index contributed by atoms with van der Waals surface area (Å²) in [6.07, 6.45) is 10.6. The zero-order valence-electron chi connectivity index (χ0n) is 13.7. The zero-order valence-corrected chi connectivity index (χ0v) is 13.7. The van der Waals surface area contributed by atoms with Crippen LogP contribution >= 0.6 is 0 Å². The molecule has 1 atom stereocenters. The van der Waals surface area contributed by atoms with Crippen molar-refractivity contribution in [2.75, 3.05) is 39.4 Å². The number of morpholine rings is 1. The number of carbonyl (C=O) groups is 1. The molecule has 0 N–H and O–H groups in total. The summed E-state index contributed by atoms with van der Waals surface area (Å²) in [6.45, 7) is 4.63. The molecule has 23 heavy (non-hydrogen) atoms. The van der Waals surface area contributed by atoms with E-state index in [9.17, 15) is 4.79 Å². The summed E-state index contributed by atoms with van der Waals surface area (Å²) in [7, 11) is 0. The van der Waals surface area contributed by atoms with Crippen LogP contribution in [-0.2, 0) is 16.0 Å². The van der Waals surface area contributed by atoms with Gasteiger partial charge in [-0.15, -0.1) is 0 Å². The first-order chi connectivity index (χ1) is 11.3. The van der Waals surface area contributed by atoms with E-state index in [-0.39, 0.29) is 5.91 Å². The van der Waals surface area contributed by atoms with E-state index in [2.05, 4.69) is 14.9 Å². The Morgan fingerprint density at radius 2 is 2.09 bits per heavy atom. The number of ether oxygens (including phenoxy) is 1. The quantitative estimate of drug-likeness (QED) is 0.814. The minimum Gasteiger partial charge on any atom is -0.378 e. The first-order valence-corrected chi connectivity index (χ1v) is 8.67. The molecule has 1 amide bonds. The molecule has 2 aliphatic rings. The molecule has 0 saturated carbocycles. The zero-order chi connectivity index (χ0) is 15.9. The summed E-state index contributed by atoms with van der Waals surface area (Å²) >= 11 is 0. The second-order valence-corrected chi connectivity index (χ2v) is 6.38. The average Bonchev–Trinajstić information content (AvgIpc) is 2.62. The van der Waals surface area contributed by atoms with E-state index in [1.165, 1.54) is 6.42 Å². The Balaban J connectivity index is 1.52. The molecule has 6 nitrogen and oxygen atoms in total. The molecule has 0 aliphatic carbocycles. The largest absolute Gasteiger partial charge is 0.378 e. The smallest absolute Gasteiger partial charge is 0.236 e. The standard InChI is InChI=1S/C17H26N4O2/c22-17(20-8-2-1-3-9-20)13-21-10-11-23-14-16(21)5-4-15-12-18-6-7-19-15/h6-7,12,16H,1-5,8-11,13-14H2/t16-/m0/s1. The van der Waals surface area contributed by atoms with Gasteiger partial charge in [0, 0.05) is 44.3 Å². The van der Waals surface area contributed by atoms with E-state index in [0.29, 0.717) is 19.2 Å². The van der Waals surface area contributed by atoms with E-state index in [0.717, 1.165) is 57.6 Å². The van der Waals surface area contributed by atoms with Gasteiger partial charge in [0.1, 0.15) is 0 Å². The molecule has 0 spiro atoms. The fourth-order valence-electron chi connectivity index (χ4n) is 3.35. The Hall–Kier alpha value is -1.53. The second-order valence-electron chi connectivity index (χ2n) is 6.38. The van der Waals surface area contributed by atoms with Crippen LogP contribution in [0.25, 0.3) is 0 Å². The highest BCUT2D eigenvalue weighted by molar-refractivity contribution is 5.78. The summed E-state index contributed by atoms with van der Waals surface area (Å²) in [5.74, 6) is 0.274. The van der Waals surface area contributed by atoms with E-state index in [1.807, 2.05) is 11.1 Å². The van der Waals surface area contributed by atoms with Crippen molar-refractivity contribution in [2.24, 2.45) is 0 Å². The van der Waals surface area contributed by atoms with Gasteiger partial charge in [0.25, 0.3) is 0 Å². The monoisotopic (exact) mass is 318 g/mol. The van der Waals surface area contributed by atoms with Crippen molar-refractivity contribution in [3.63, 3.8) is 0 Å². The van der Waals surface area contributed by atoms with Crippen molar-refractivity contribution in [2.45, 2.75) is 38.1 Å². The van der Waals surface area contributed by atoms with Crippen LogP contribution in [-0.4, -0.2) is 71.1 Å². The topological polar surface area (TPSA) is 58.6 Å². The number of likely N-dealkylation sites (tertiary alicyclic amines) is 1. The van der Waals surface area contributed by atoms with Gasteiger partial charge >= 0.3 is 0 Å². The Morgan fingerprint density at radius 3 is 2.87 bits per heavy atom. The van der Waals surface area contributed by atoms with Crippen molar-refractivity contribution in [3.05, 3.63) is 24.3 Å². The fraction of sp³-hybridized carbons (Fsp3) is 0.706. The van der Waals surface area contributed by atoms with E-state index in [1.54, 1.807) is 12.4 Å². The predicted octanol–water partition coefficient (Wildman–Crippen LogP) is 1.12. The number of rotatable bonds is 5. The Morgan fingerprint density at radius 1 is 1.22 bits per heavy atom. The van der Waals surface area contributed by atoms with Gasteiger partial charge in [-0.2, -0.15) is 0 Å². The fourth-order valence-corrected chi connectivity index (χ4v) is 3.35. The summed E-state index contributed by atoms with van der Waals surface area (Å²) in [6, 6.07) is 0.291. The molecule has 2 fully saturated rings. The third-order valence-corrected chi connectivity index (χ3v) is 4.75. The number of carbonyl (C=O) groups excluding carboxylic acids is 1. The van der Waals surface area contributed by atoms with Gasteiger partial charge in [-0.1, -0.05) is 0 Å². The maximum atomic E-state index is 12.5. The lowest BCUT2D eigenvalue weighted by Crippen LogP contribution is -2.51. The third-order valence-electron chi connectivity index (χ3n) is 4.75. The van der Waals surface area contributed by atoms with Crippen molar-refractivity contribution in [1.29, 1.82) is 0 Å². The van der Waals surface area contributed by atoms with E-state index < -0.39 is 0 Å². The van der Waals surface area contributed by atoms with Gasteiger partial charge in [0.15, 0.2) is 0 Å². The summed E-state index contributed by atoms with van der Waals surface area (Å²) in [5, 5.41) is 0. The number of aromatic nitrogens is 2. The minimum absolute atomic E-state index is 0.274. The molecule has 0 aromatic carbocycles. The van der Waals surface area contributed by atoms with Gasteiger partial charge < -0.3 is 9.64 Å². The molecule has 0 radical (unpaired) electrons. The van der Waals surface area contributed by atoms with Gasteiger partial charge in [0.05, 0.1) is 25.5 Å². The lowest BCUT2D eigenvalue weighted by atomic mass is 10.1. The first kappa shape index (κ1) is 16.3. The molecule has 6 heteroatoms. The number of nitrogens with zero attached hydrogens (tertiary/aromatic N) is 4. The van der Waals surface area contributed by atoms with Crippen molar-refractivity contribution in [1.82, 2.24) is 19.8 Å². The predicted molar refractivity (Wildman–Crippen MR) is 87.0 cm³/mol. The number of hydrogen-bond donors (Lipinski definition) is 0. The molecule has 2 aliphatic heterocycles. The number of aryl methyl sites for hydroxylation is 1. The number of piperidine rings is 1. The average molecular weight is 318 g/mol. The van der Waals surface area contributed by atoms with Crippen LogP contribution in [0.5, 0.6) is 0 Å². The number of hydrogen-bond acceptors (Lipinski definition) is 5. The van der Waals surface area contributed by atoms with Gasteiger partial charge in [-0.05, 0) is 32.1 Å². The lowest BCUT2D eigenvalue weighted by molar-refractivity contribution is -0.135. The summed E-state index contributed by atoms with van der Waals surface area (Å²) < 4.78 is 5.63. The summed E-state index contributed by atoms with van der Waals surface area (Å²) in [4.78, 5) is 25.3. The first-order valence-electron chi connectivity index (χ1n) is 8.67. The van der Waals surface area contributed by atoms with Crippen LogP contribution in [0.1, 0.15) is 31.4 Å². The third kappa shape index (κ3) is 4.72. The maximum absolute atomic E-state index is 12.5. The van der Waals surface area contributed by atoms with Crippen molar-refractivity contribution < 1.29 is 9.53 Å². The highest BCUT2D eigenvalue weighted by Gasteiger charge is 2.27. The van der Waals surface area contributed by atoms with Crippen LogP contribution in [0.3, 0.4) is 0 Å². The molecule has 0 unspecified atom stereocenters. The molecular formula is C17H26N4O2. The van der Waals surface area contributed by atoms with Crippen LogP contribution in [0.15, 0.2) is 18.6 Å². The van der Waals surface area contributed by atoms with Gasteiger partial charge in [0.2, 0.25) is 5.91 Å². The Bertz CT molecular complexity index is 491. The SMILES string of the molecule is O=C(CN1CCOC[C@@H]1CCc1cnccn1)N1CCCCC1. The molecule has 2 saturated heterocycles. The maximum Gasteiger partial charge on any atom is 0.236 e. The van der Waals surface area contributed by atoms with Crippen molar-refractivity contribution in [3.8, 4) is 0 Å².